The first-order valence-corrected chi connectivity index (χ1v) is 7.61. The van der Waals surface area contributed by atoms with Crippen molar-refractivity contribution < 1.29 is 14.6 Å². The second kappa shape index (κ2) is 5.83. The molecule has 0 spiro atoms. The van der Waals surface area contributed by atoms with Crippen LogP contribution in [0.2, 0.25) is 0 Å². The molecule has 2 heterocycles. The summed E-state index contributed by atoms with van der Waals surface area (Å²) in [7, 11) is 1.61. The minimum Gasteiger partial charge on any atom is -0.477 e. The fourth-order valence-electron chi connectivity index (χ4n) is 2.47. The molecule has 6 nitrogen and oxygen atoms in total. The van der Waals surface area contributed by atoms with Crippen molar-refractivity contribution in [3.63, 3.8) is 0 Å². The van der Waals surface area contributed by atoms with E-state index in [9.17, 15) is 10.1 Å². The zero-order valence-electron chi connectivity index (χ0n) is 12.5. The number of nitrogens with zero attached hydrogens (tertiary/aromatic N) is 2. The van der Waals surface area contributed by atoms with Gasteiger partial charge in [-0.15, -0.1) is 11.3 Å². The van der Waals surface area contributed by atoms with E-state index in [1.807, 2.05) is 12.1 Å². The molecule has 23 heavy (non-hydrogen) atoms. The monoisotopic (exact) mass is 327 g/mol. The molecule has 116 valence electrons. The highest BCUT2D eigenvalue weighted by Crippen LogP contribution is 2.32. The van der Waals surface area contributed by atoms with Crippen molar-refractivity contribution in [2.45, 2.75) is 13.5 Å². The van der Waals surface area contributed by atoms with E-state index in [2.05, 4.69) is 16.0 Å². The van der Waals surface area contributed by atoms with Gasteiger partial charge in [0.15, 0.2) is 0 Å². The highest BCUT2D eigenvalue weighted by molar-refractivity contribution is 7.17. The number of aromatic carboxylic acids is 1. The van der Waals surface area contributed by atoms with Crippen LogP contribution in [0, 0.1) is 18.3 Å². The van der Waals surface area contributed by atoms with Crippen LogP contribution in [0.5, 0.6) is 0 Å². The van der Waals surface area contributed by atoms with Gasteiger partial charge >= 0.3 is 5.97 Å². The number of rotatable bonds is 4. The molecule has 0 aliphatic rings. The third kappa shape index (κ3) is 2.70. The van der Waals surface area contributed by atoms with Crippen molar-refractivity contribution >= 4 is 28.2 Å². The van der Waals surface area contributed by atoms with Gasteiger partial charge in [0, 0.05) is 23.8 Å². The summed E-state index contributed by atoms with van der Waals surface area (Å²) in [5, 5.41) is 20.0. The first kappa shape index (κ1) is 15.2. The number of methoxy groups -OCH3 is 1. The van der Waals surface area contributed by atoms with Crippen molar-refractivity contribution in [3.8, 4) is 16.6 Å². The summed E-state index contributed by atoms with van der Waals surface area (Å²) in [5.41, 5.74) is 3.32. The summed E-state index contributed by atoms with van der Waals surface area (Å²) in [6, 6.07) is 7.71. The molecule has 0 amide bonds. The maximum absolute atomic E-state index is 11.2. The molecule has 0 aliphatic heterocycles. The number of benzene rings is 1. The van der Waals surface area contributed by atoms with Crippen molar-refractivity contribution in [1.82, 2.24) is 9.97 Å². The van der Waals surface area contributed by atoms with Crippen LogP contribution in [0.25, 0.3) is 21.5 Å². The Labute approximate surface area is 136 Å². The van der Waals surface area contributed by atoms with Crippen molar-refractivity contribution in [1.29, 1.82) is 5.26 Å². The minimum absolute atomic E-state index is 0.216. The number of carboxylic acid groups (broad SMARTS) is 1. The average molecular weight is 327 g/mol. The number of nitrogens with one attached hydrogen (secondary N) is 1. The number of ether oxygens (including phenoxy) is 1. The van der Waals surface area contributed by atoms with E-state index in [1.54, 1.807) is 20.1 Å². The van der Waals surface area contributed by atoms with E-state index >= 15 is 0 Å². The molecule has 3 aromatic rings. The van der Waals surface area contributed by atoms with Gasteiger partial charge in [-0.25, -0.2) is 9.78 Å². The number of aryl methyl sites for hydroxylation is 1. The molecule has 2 N–H and O–H groups in total. The Morgan fingerprint density at radius 2 is 2.26 bits per heavy atom. The van der Waals surface area contributed by atoms with Gasteiger partial charge in [-0.1, -0.05) is 0 Å². The van der Waals surface area contributed by atoms with E-state index in [0.717, 1.165) is 33.5 Å². The van der Waals surface area contributed by atoms with Crippen molar-refractivity contribution in [2.24, 2.45) is 0 Å². The highest BCUT2D eigenvalue weighted by atomic mass is 32.1. The number of hydrogen-bond donors (Lipinski definition) is 2. The van der Waals surface area contributed by atoms with Gasteiger partial charge in [0.25, 0.3) is 0 Å². The predicted molar refractivity (Wildman–Crippen MR) is 86.5 cm³/mol. The molecular formula is C16H13N3O3S. The molecule has 0 unspecified atom stereocenters. The van der Waals surface area contributed by atoms with Gasteiger partial charge in [-0.3, -0.25) is 0 Å². The lowest BCUT2D eigenvalue weighted by atomic mass is 10.1. The largest absolute Gasteiger partial charge is 0.477 e. The molecular weight excluding hydrogens is 314 g/mol. The van der Waals surface area contributed by atoms with Crippen LogP contribution in [-0.4, -0.2) is 28.2 Å². The van der Waals surface area contributed by atoms with Crippen LogP contribution < -0.4 is 0 Å². The highest BCUT2D eigenvalue weighted by Gasteiger charge is 2.17. The Morgan fingerprint density at radius 3 is 2.87 bits per heavy atom. The third-order valence-electron chi connectivity index (χ3n) is 3.44. The zero-order valence-corrected chi connectivity index (χ0v) is 13.3. The Bertz CT molecular complexity index is 950. The van der Waals surface area contributed by atoms with E-state index in [4.69, 9.17) is 9.84 Å². The standard InChI is InChI=1S/C16H13N3O3S/c1-8-14(16(20)21)23-15(18-8)10-3-9-5-12(7-22-2)19-13(9)11(4-10)6-17/h3-5,19H,7H2,1-2H3,(H,20,21). The van der Waals surface area contributed by atoms with Gasteiger partial charge in [0.1, 0.15) is 16.0 Å². The van der Waals surface area contributed by atoms with Crippen LogP contribution in [0.15, 0.2) is 18.2 Å². The smallest absolute Gasteiger partial charge is 0.347 e. The molecule has 0 atom stereocenters. The lowest BCUT2D eigenvalue weighted by Crippen LogP contribution is -1.94. The summed E-state index contributed by atoms with van der Waals surface area (Å²) < 4.78 is 5.10. The fraction of sp³-hybridized carbons (Fsp3) is 0.188. The average Bonchev–Trinajstić information content (AvgIpc) is 3.09. The molecule has 3 rings (SSSR count). The van der Waals surface area contributed by atoms with E-state index < -0.39 is 5.97 Å². The molecule has 7 heteroatoms. The summed E-state index contributed by atoms with van der Waals surface area (Å²) in [4.78, 5) is 18.9. The van der Waals surface area contributed by atoms with Crippen molar-refractivity contribution in [3.05, 3.63) is 40.0 Å². The molecule has 0 bridgehead atoms. The van der Waals surface area contributed by atoms with Crippen LogP contribution in [-0.2, 0) is 11.3 Å². The van der Waals surface area contributed by atoms with Crippen LogP contribution >= 0.6 is 11.3 Å². The van der Waals surface area contributed by atoms with Gasteiger partial charge < -0.3 is 14.8 Å². The minimum atomic E-state index is -0.989. The lowest BCUT2D eigenvalue weighted by Gasteiger charge is -1.99. The Hall–Kier alpha value is -2.69. The van der Waals surface area contributed by atoms with Crippen LogP contribution in [0.1, 0.15) is 26.6 Å². The Morgan fingerprint density at radius 1 is 1.48 bits per heavy atom. The van der Waals surface area contributed by atoms with E-state index in [1.165, 1.54) is 0 Å². The summed E-state index contributed by atoms with van der Waals surface area (Å²) >= 11 is 1.11. The zero-order chi connectivity index (χ0) is 16.6. The van der Waals surface area contributed by atoms with Gasteiger partial charge in [0.05, 0.1) is 23.4 Å². The van der Waals surface area contributed by atoms with Crippen molar-refractivity contribution in [2.75, 3.05) is 7.11 Å². The fourth-order valence-corrected chi connectivity index (χ4v) is 3.36. The lowest BCUT2D eigenvalue weighted by molar-refractivity contribution is 0.0701. The number of thiazole rings is 1. The number of hydrogen-bond acceptors (Lipinski definition) is 5. The number of aromatic amines is 1. The first-order chi connectivity index (χ1) is 11.0. The van der Waals surface area contributed by atoms with E-state index in [-0.39, 0.29) is 4.88 Å². The predicted octanol–water partition coefficient (Wildman–Crippen LogP) is 3.32. The van der Waals surface area contributed by atoms with Gasteiger partial charge in [-0.05, 0) is 25.1 Å². The Balaban J connectivity index is 2.16. The summed E-state index contributed by atoms with van der Waals surface area (Å²) in [5.74, 6) is -0.989. The number of aromatic nitrogens is 2. The number of fused-ring (bicyclic) bond motifs is 1. The maximum atomic E-state index is 11.2. The van der Waals surface area contributed by atoms with Crippen LogP contribution in [0.4, 0.5) is 0 Å². The summed E-state index contributed by atoms with van der Waals surface area (Å²) in [6.45, 7) is 2.09. The van der Waals surface area contributed by atoms with Gasteiger partial charge in [-0.2, -0.15) is 5.26 Å². The number of carboxylic acids is 1. The number of nitriles is 1. The van der Waals surface area contributed by atoms with Gasteiger partial charge in [0.2, 0.25) is 0 Å². The maximum Gasteiger partial charge on any atom is 0.347 e. The quantitative estimate of drug-likeness (QED) is 0.766. The second-order valence-corrected chi connectivity index (χ2v) is 6.07. The molecule has 2 aromatic heterocycles. The second-order valence-electron chi connectivity index (χ2n) is 5.07. The Kier molecular flexibility index (Phi) is 3.86. The normalized spacial score (nSPS) is 10.8. The molecule has 0 saturated carbocycles. The molecule has 1 aromatic carbocycles. The molecule has 0 saturated heterocycles. The van der Waals surface area contributed by atoms with E-state index in [0.29, 0.717) is 22.9 Å². The SMILES string of the molecule is COCc1cc2cc(-c3nc(C)c(C(=O)O)s3)cc(C#N)c2[nH]1. The summed E-state index contributed by atoms with van der Waals surface area (Å²) in [6.07, 6.45) is 0. The molecule has 0 radical (unpaired) electrons. The number of carbonyl (C=O) groups is 1. The third-order valence-corrected chi connectivity index (χ3v) is 4.64. The molecule has 0 aliphatic carbocycles. The molecule has 0 fully saturated rings. The number of H-pyrrole nitrogens is 1. The topological polar surface area (TPSA) is 99.0 Å². The van der Waals surface area contributed by atoms with Crippen LogP contribution in [0.3, 0.4) is 0 Å². The first-order valence-electron chi connectivity index (χ1n) is 6.79.